The van der Waals surface area contributed by atoms with Crippen LogP contribution in [0.4, 0.5) is 5.82 Å². The maximum Gasteiger partial charge on any atom is 0.256 e. The number of aliphatic hydroxyl groups is 2. The molecule has 1 saturated heterocycles. The Morgan fingerprint density at radius 3 is 2.83 bits per heavy atom. The molecule has 10 nitrogen and oxygen atoms in total. The lowest BCUT2D eigenvalue weighted by Crippen LogP contribution is -2.35. The molecule has 1 amide bonds. The van der Waals surface area contributed by atoms with E-state index in [1.807, 2.05) is 6.07 Å². The van der Waals surface area contributed by atoms with E-state index < -0.39 is 31.1 Å². The van der Waals surface area contributed by atoms with Crippen molar-refractivity contribution in [3.8, 4) is 12.3 Å². The third kappa shape index (κ3) is 3.62. The van der Waals surface area contributed by atoms with Gasteiger partial charge in [-0.1, -0.05) is 24.1 Å². The summed E-state index contributed by atoms with van der Waals surface area (Å²) in [7, 11) is 0. The molecule has 4 atom stereocenters. The predicted octanol–water partition coefficient (Wildman–Crippen LogP) is 0.348. The first-order chi connectivity index (χ1) is 14.6. The molecule has 10 heteroatoms. The summed E-state index contributed by atoms with van der Waals surface area (Å²) < 4.78 is 12.9. The van der Waals surface area contributed by atoms with Crippen LogP contribution in [0.3, 0.4) is 0 Å². The van der Waals surface area contributed by atoms with Gasteiger partial charge in [-0.05, 0) is 12.1 Å². The summed E-state index contributed by atoms with van der Waals surface area (Å²) >= 11 is 0. The van der Waals surface area contributed by atoms with E-state index in [0.29, 0.717) is 16.7 Å². The molecule has 3 N–H and O–H groups in total. The summed E-state index contributed by atoms with van der Waals surface area (Å²) in [4.78, 5) is 25.1. The zero-order valence-corrected chi connectivity index (χ0v) is 15.8. The smallest absolute Gasteiger partial charge is 0.256 e. The summed E-state index contributed by atoms with van der Waals surface area (Å²) in [5, 5.41) is 22.6. The van der Waals surface area contributed by atoms with E-state index >= 15 is 0 Å². The summed E-state index contributed by atoms with van der Waals surface area (Å²) in [5.41, 5.74) is 1.17. The number of imidazole rings is 1. The normalized spacial score (nSPS) is 23.4. The molecule has 0 spiro atoms. The third-order valence-electron chi connectivity index (χ3n) is 4.75. The van der Waals surface area contributed by atoms with E-state index in [0.717, 1.165) is 0 Å². The molecular weight excluding hydrogens is 390 g/mol. The van der Waals surface area contributed by atoms with Crippen molar-refractivity contribution in [3.63, 3.8) is 0 Å². The number of hydrogen-bond acceptors (Lipinski definition) is 8. The third-order valence-corrected chi connectivity index (χ3v) is 4.75. The first-order valence-electron chi connectivity index (χ1n) is 9.17. The minimum Gasteiger partial charge on any atom is -0.394 e. The predicted molar refractivity (Wildman–Crippen MR) is 105 cm³/mol. The second-order valence-electron chi connectivity index (χ2n) is 6.58. The molecule has 3 heterocycles. The summed E-state index contributed by atoms with van der Waals surface area (Å²) in [6.07, 6.45) is 4.38. The van der Waals surface area contributed by atoms with Gasteiger partial charge in [-0.15, -0.1) is 6.42 Å². The van der Waals surface area contributed by atoms with Gasteiger partial charge in [-0.3, -0.25) is 9.36 Å². The molecule has 0 bridgehead atoms. The quantitative estimate of drug-likeness (QED) is 0.497. The van der Waals surface area contributed by atoms with Gasteiger partial charge in [0.25, 0.3) is 5.91 Å². The van der Waals surface area contributed by atoms with Crippen LogP contribution in [0.15, 0.2) is 43.0 Å². The van der Waals surface area contributed by atoms with Crippen LogP contribution in [0.5, 0.6) is 0 Å². The fraction of sp³-hybridized carbons (Fsp3) is 0.300. The number of aliphatic hydroxyl groups excluding tert-OH is 2. The molecule has 4 rings (SSSR count). The van der Waals surface area contributed by atoms with Crippen molar-refractivity contribution in [2.75, 3.05) is 18.5 Å². The maximum absolute atomic E-state index is 12.5. The molecule has 0 radical (unpaired) electrons. The van der Waals surface area contributed by atoms with E-state index in [9.17, 15) is 15.0 Å². The molecule has 0 aliphatic carbocycles. The van der Waals surface area contributed by atoms with Crippen molar-refractivity contribution in [1.29, 1.82) is 0 Å². The van der Waals surface area contributed by atoms with Gasteiger partial charge in [0.05, 0.1) is 12.9 Å². The Kier molecular flexibility index (Phi) is 5.69. The molecule has 1 aliphatic rings. The molecule has 2 aromatic heterocycles. The van der Waals surface area contributed by atoms with Crippen LogP contribution in [0, 0.1) is 12.3 Å². The second kappa shape index (κ2) is 8.56. The number of nitrogens with zero attached hydrogens (tertiary/aromatic N) is 4. The van der Waals surface area contributed by atoms with Gasteiger partial charge in [-0.25, -0.2) is 15.0 Å². The fourth-order valence-electron chi connectivity index (χ4n) is 3.32. The number of fused-ring (bicyclic) bond motifs is 1. The minimum absolute atomic E-state index is 0.0419. The van der Waals surface area contributed by atoms with Crippen LogP contribution in [0.25, 0.3) is 11.2 Å². The first kappa shape index (κ1) is 19.9. The Hall–Kier alpha value is -3.36. The number of carbonyl (C=O) groups excluding carboxylic acids is 1. The van der Waals surface area contributed by atoms with Crippen LogP contribution in [0.2, 0.25) is 0 Å². The number of nitrogens with one attached hydrogen (secondary N) is 1. The molecule has 30 heavy (non-hydrogen) atoms. The van der Waals surface area contributed by atoms with Gasteiger partial charge in [-0.2, -0.15) is 0 Å². The number of aromatic nitrogens is 4. The minimum atomic E-state index is -1.09. The average Bonchev–Trinajstić information content (AvgIpc) is 3.34. The number of rotatable bonds is 6. The van der Waals surface area contributed by atoms with E-state index in [-0.39, 0.29) is 18.3 Å². The molecule has 0 unspecified atom stereocenters. The van der Waals surface area contributed by atoms with Crippen molar-refractivity contribution in [3.05, 3.63) is 48.5 Å². The fourth-order valence-corrected chi connectivity index (χ4v) is 3.32. The number of carbonyl (C=O) groups is 1. The van der Waals surface area contributed by atoms with Crippen molar-refractivity contribution >= 4 is 22.9 Å². The average molecular weight is 409 g/mol. The Morgan fingerprint density at radius 2 is 2.10 bits per heavy atom. The van der Waals surface area contributed by atoms with Crippen LogP contribution in [-0.2, 0) is 9.47 Å². The number of hydrogen-bond donors (Lipinski definition) is 3. The Morgan fingerprint density at radius 1 is 1.30 bits per heavy atom. The molecular formula is C20H19N5O5. The monoisotopic (exact) mass is 409 g/mol. The molecule has 3 aromatic rings. The highest BCUT2D eigenvalue weighted by Crippen LogP contribution is 2.34. The van der Waals surface area contributed by atoms with E-state index in [4.69, 9.17) is 15.9 Å². The highest BCUT2D eigenvalue weighted by atomic mass is 16.6. The number of benzene rings is 1. The Balaban J connectivity index is 1.66. The highest BCUT2D eigenvalue weighted by molar-refractivity contribution is 6.06. The van der Waals surface area contributed by atoms with Crippen LogP contribution < -0.4 is 5.32 Å². The van der Waals surface area contributed by atoms with Gasteiger partial charge >= 0.3 is 0 Å². The SMILES string of the molecule is C#CCO[C@@H]1[C@H](O)[C@@H](CO)O[C@H]1n1cnc2c(NC(=O)c3ccccc3)ncnc21. The molecule has 1 aromatic carbocycles. The zero-order valence-electron chi connectivity index (χ0n) is 15.8. The summed E-state index contributed by atoms with van der Waals surface area (Å²) in [5.74, 6) is 2.24. The van der Waals surface area contributed by atoms with Crippen LogP contribution in [-0.4, -0.2) is 67.2 Å². The van der Waals surface area contributed by atoms with Crippen molar-refractivity contribution in [1.82, 2.24) is 19.5 Å². The number of amides is 1. The van der Waals surface area contributed by atoms with Crippen LogP contribution in [0.1, 0.15) is 16.6 Å². The Labute approximate surface area is 171 Å². The van der Waals surface area contributed by atoms with E-state index in [1.54, 1.807) is 28.8 Å². The Bertz CT molecular complexity index is 1080. The molecule has 1 aliphatic heterocycles. The lowest BCUT2D eigenvalue weighted by atomic mass is 10.1. The summed E-state index contributed by atoms with van der Waals surface area (Å²) in [6, 6.07) is 8.70. The highest BCUT2D eigenvalue weighted by Gasteiger charge is 2.45. The molecule has 1 fully saturated rings. The van der Waals surface area contributed by atoms with Gasteiger partial charge in [0.2, 0.25) is 0 Å². The number of ether oxygens (including phenoxy) is 2. The van der Waals surface area contributed by atoms with Crippen molar-refractivity contribution in [2.24, 2.45) is 0 Å². The number of terminal acetylenes is 1. The van der Waals surface area contributed by atoms with Gasteiger partial charge < -0.3 is 25.0 Å². The van der Waals surface area contributed by atoms with E-state index in [2.05, 4.69) is 26.2 Å². The van der Waals surface area contributed by atoms with Gasteiger partial charge in [0, 0.05) is 5.56 Å². The van der Waals surface area contributed by atoms with E-state index in [1.165, 1.54) is 12.7 Å². The second-order valence-corrected chi connectivity index (χ2v) is 6.58. The zero-order chi connectivity index (χ0) is 21.1. The first-order valence-corrected chi connectivity index (χ1v) is 9.17. The van der Waals surface area contributed by atoms with Crippen LogP contribution >= 0.6 is 0 Å². The standard InChI is InChI=1S/C20H19N5O5/c1-2-8-29-16-15(27)13(9-26)30-20(16)25-11-23-14-17(21-10-22-18(14)25)24-19(28)12-6-4-3-5-7-12/h1,3-7,10-11,13,15-16,20,26-27H,8-9H2,(H,21,22,24,28)/t13-,15-,16-,20-/m1/s1. The lowest BCUT2D eigenvalue weighted by Gasteiger charge is -2.21. The molecule has 154 valence electrons. The molecule has 0 saturated carbocycles. The van der Waals surface area contributed by atoms with Gasteiger partial charge in [0.1, 0.15) is 31.2 Å². The lowest BCUT2D eigenvalue weighted by molar-refractivity contribution is -0.0636. The largest absolute Gasteiger partial charge is 0.394 e. The van der Waals surface area contributed by atoms with Gasteiger partial charge in [0.15, 0.2) is 23.2 Å². The number of anilines is 1. The topological polar surface area (TPSA) is 132 Å². The maximum atomic E-state index is 12.5. The van der Waals surface area contributed by atoms with Crippen molar-refractivity contribution < 1.29 is 24.5 Å². The van der Waals surface area contributed by atoms with Crippen molar-refractivity contribution in [2.45, 2.75) is 24.5 Å². The summed E-state index contributed by atoms with van der Waals surface area (Å²) in [6.45, 7) is -0.437.